The maximum absolute atomic E-state index is 12.5. The number of anilines is 2. The molecule has 0 radical (unpaired) electrons. The quantitative estimate of drug-likeness (QED) is 0.493. The largest absolute Gasteiger partial charge is 0.362 e. The maximum Gasteiger partial charge on any atom is 0.251 e. The zero-order valence-corrected chi connectivity index (χ0v) is 20.4. The highest BCUT2D eigenvalue weighted by Gasteiger charge is 2.23. The second-order valence-electron chi connectivity index (χ2n) is 8.82. The van der Waals surface area contributed by atoms with Crippen molar-refractivity contribution in [3.05, 3.63) is 58.1 Å². The van der Waals surface area contributed by atoms with Gasteiger partial charge in [0, 0.05) is 42.1 Å². The number of nitrogens with one attached hydrogen (secondary N) is 2. The number of carbonyl (C=O) groups excluding carboxylic acids is 1. The van der Waals surface area contributed by atoms with Crippen LogP contribution in [0, 0.1) is 12.8 Å². The van der Waals surface area contributed by atoms with E-state index in [4.69, 9.17) is 9.97 Å². The highest BCUT2D eigenvalue weighted by molar-refractivity contribution is 9.10. The van der Waals surface area contributed by atoms with Crippen LogP contribution in [0.3, 0.4) is 0 Å². The zero-order valence-electron chi connectivity index (χ0n) is 18.9. The van der Waals surface area contributed by atoms with Gasteiger partial charge in [-0.1, -0.05) is 28.1 Å². The van der Waals surface area contributed by atoms with Crippen LogP contribution < -0.4 is 15.5 Å². The van der Waals surface area contributed by atoms with Crippen LogP contribution >= 0.6 is 15.9 Å². The molecule has 0 spiro atoms. The molecule has 1 aliphatic carbocycles. The van der Waals surface area contributed by atoms with Gasteiger partial charge < -0.3 is 15.5 Å². The topological polar surface area (TPSA) is 70.2 Å². The van der Waals surface area contributed by atoms with Crippen molar-refractivity contribution in [1.82, 2.24) is 15.3 Å². The Labute approximate surface area is 198 Å². The van der Waals surface area contributed by atoms with E-state index in [1.807, 2.05) is 62.3 Å². The molecule has 0 aliphatic heterocycles. The van der Waals surface area contributed by atoms with Gasteiger partial charge in [-0.2, -0.15) is 4.98 Å². The molecule has 1 aliphatic rings. The Hall–Kier alpha value is -2.67. The summed E-state index contributed by atoms with van der Waals surface area (Å²) in [5.41, 5.74) is 2.73. The third-order valence-electron chi connectivity index (χ3n) is 6.16. The molecule has 7 heteroatoms. The van der Waals surface area contributed by atoms with Gasteiger partial charge in [0.25, 0.3) is 5.91 Å². The molecule has 3 aromatic rings. The molecule has 0 bridgehead atoms. The van der Waals surface area contributed by atoms with Crippen molar-refractivity contribution in [2.75, 3.05) is 30.9 Å². The first-order chi connectivity index (χ1) is 15.4. The van der Waals surface area contributed by atoms with Gasteiger partial charge in [0.2, 0.25) is 5.95 Å². The molecule has 32 heavy (non-hydrogen) atoms. The van der Waals surface area contributed by atoms with Crippen molar-refractivity contribution in [3.63, 3.8) is 0 Å². The first kappa shape index (κ1) is 22.5. The first-order valence-electron chi connectivity index (χ1n) is 11.2. The van der Waals surface area contributed by atoms with E-state index in [1.54, 1.807) is 0 Å². The molecule has 0 saturated heterocycles. The summed E-state index contributed by atoms with van der Waals surface area (Å²) in [6.07, 6.45) is 4.24. The van der Waals surface area contributed by atoms with Crippen LogP contribution in [0.1, 0.15) is 41.6 Å². The highest BCUT2D eigenvalue weighted by atomic mass is 79.9. The Kier molecular flexibility index (Phi) is 6.94. The highest BCUT2D eigenvalue weighted by Crippen LogP contribution is 2.28. The van der Waals surface area contributed by atoms with Crippen LogP contribution in [-0.2, 0) is 0 Å². The third kappa shape index (κ3) is 5.21. The molecule has 0 atom stereocenters. The van der Waals surface area contributed by atoms with Crippen molar-refractivity contribution in [2.24, 2.45) is 5.92 Å². The molecule has 0 unspecified atom stereocenters. The van der Waals surface area contributed by atoms with E-state index >= 15 is 0 Å². The number of fused-ring (bicyclic) bond motifs is 1. The average Bonchev–Trinajstić information content (AvgIpc) is 2.79. The van der Waals surface area contributed by atoms with E-state index in [0.717, 1.165) is 59.0 Å². The van der Waals surface area contributed by atoms with E-state index < -0.39 is 0 Å². The van der Waals surface area contributed by atoms with Crippen LogP contribution in [-0.4, -0.2) is 42.6 Å². The Balaban J connectivity index is 1.31. The summed E-state index contributed by atoms with van der Waals surface area (Å²) < 4.78 is 1.02. The Morgan fingerprint density at radius 1 is 1.09 bits per heavy atom. The van der Waals surface area contributed by atoms with E-state index in [2.05, 4.69) is 32.6 Å². The minimum Gasteiger partial charge on any atom is -0.362 e. The minimum atomic E-state index is 0.00151. The molecule has 2 N–H and O–H groups in total. The van der Waals surface area contributed by atoms with Crippen LogP contribution in [0.2, 0.25) is 0 Å². The lowest BCUT2D eigenvalue weighted by Gasteiger charge is -2.29. The molecule has 4 rings (SSSR count). The second kappa shape index (κ2) is 9.86. The summed E-state index contributed by atoms with van der Waals surface area (Å²) in [7, 11) is 4.02. The Morgan fingerprint density at radius 3 is 2.56 bits per heavy atom. The number of hydrogen-bond donors (Lipinski definition) is 2. The predicted molar refractivity (Wildman–Crippen MR) is 134 cm³/mol. The third-order valence-corrected chi connectivity index (χ3v) is 7.05. The number of para-hydroxylation sites is 1. The summed E-state index contributed by atoms with van der Waals surface area (Å²) in [6, 6.07) is 14.2. The Morgan fingerprint density at radius 2 is 1.84 bits per heavy atom. The van der Waals surface area contributed by atoms with Gasteiger partial charge in [0.05, 0.1) is 5.52 Å². The van der Waals surface area contributed by atoms with E-state index in [1.165, 1.54) is 0 Å². The van der Waals surface area contributed by atoms with Crippen LogP contribution in [0.4, 0.5) is 11.8 Å². The van der Waals surface area contributed by atoms with Crippen LogP contribution in [0.25, 0.3) is 10.9 Å². The molecule has 6 nitrogen and oxygen atoms in total. The SMILES string of the molecule is Cc1cc(C(=O)NCC2CCC(Nc3nc(N(C)C)c4ccccc4n3)CC2)ccc1Br. The lowest BCUT2D eigenvalue weighted by atomic mass is 9.86. The monoisotopic (exact) mass is 495 g/mol. The molecule has 2 aromatic carbocycles. The number of carbonyl (C=O) groups is 1. The van der Waals surface area contributed by atoms with Crippen molar-refractivity contribution in [3.8, 4) is 0 Å². The molecule has 168 valence electrons. The van der Waals surface area contributed by atoms with Gasteiger partial charge in [0.15, 0.2) is 0 Å². The van der Waals surface area contributed by atoms with Gasteiger partial charge in [-0.05, 0) is 74.4 Å². The summed E-state index contributed by atoms with van der Waals surface area (Å²) >= 11 is 3.48. The summed E-state index contributed by atoms with van der Waals surface area (Å²) in [6.45, 7) is 2.72. The smallest absolute Gasteiger partial charge is 0.251 e. The second-order valence-corrected chi connectivity index (χ2v) is 9.67. The molecule has 1 saturated carbocycles. The average molecular weight is 496 g/mol. The number of amides is 1. The Bertz CT molecular complexity index is 1110. The number of rotatable bonds is 6. The van der Waals surface area contributed by atoms with Crippen molar-refractivity contribution in [1.29, 1.82) is 0 Å². The van der Waals surface area contributed by atoms with Crippen LogP contribution in [0.15, 0.2) is 46.9 Å². The normalized spacial score (nSPS) is 18.4. The fourth-order valence-corrected chi connectivity index (χ4v) is 4.53. The number of aryl methyl sites for hydroxylation is 1. The van der Waals surface area contributed by atoms with Gasteiger partial charge in [-0.25, -0.2) is 4.98 Å². The van der Waals surface area contributed by atoms with Gasteiger partial charge >= 0.3 is 0 Å². The molecule has 1 aromatic heterocycles. The maximum atomic E-state index is 12.5. The lowest BCUT2D eigenvalue weighted by Crippen LogP contribution is -2.34. The van der Waals surface area contributed by atoms with Crippen molar-refractivity contribution in [2.45, 2.75) is 38.6 Å². The minimum absolute atomic E-state index is 0.00151. The standard InChI is InChI=1S/C25H30BrN5O/c1-16-14-18(10-13-21(16)26)24(32)27-15-17-8-11-19(12-9-17)28-25-29-22-7-5-4-6-20(22)23(30-25)31(2)3/h4-7,10,13-14,17,19H,8-9,11-12,15H2,1-3H3,(H,27,32)(H,28,29,30). The predicted octanol–water partition coefficient (Wildman–Crippen LogP) is 5.17. The van der Waals surface area contributed by atoms with Gasteiger partial charge in [-0.3, -0.25) is 4.79 Å². The zero-order chi connectivity index (χ0) is 22.7. The summed E-state index contributed by atoms with van der Waals surface area (Å²) in [5.74, 6) is 2.12. The number of hydrogen-bond acceptors (Lipinski definition) is 5. The van der Waals surface area contributed by atoms with Crippen molar-refractivity contribution < 1.29 is 4.79 Å². The molecule has 1 heterocycles. The summed E-state index contributed by atoms with van der Waals surface area (Å²) in [4.78, 5) is 24.0. The molecular weight excluding hydrogens is 466 g/mol. The number of halogens is 1. The molecule has 1 amide bonds. The van der Waals surface area contributed by atoms with Gasteiger partial charge in [-0.15, -0.1) is 0 Å². The van der Waals surface area contributed by atoms with E-state index in [-0.39, 0.29) is 5.91 Å². The van der Waals surface area contributed by atoms with E-state index in [9.17, 15) is 4.79 Å². The molecular formula is C25H30BrN5O. The molecule has 1 fully saturated rings. The summed E-state index contributed by atoms with van der Waals surface area (Å²) in [5, 5.41) is 7.72. The van der Waals surface area contributed by atoms with Gasteiger partial charge in [0.1, 0.15) is 5.82 Å². The number of aromatic nitrogens is 2. The van der Waals surface area contributed by atoms with Crippen LogP contribution in [0.5, 0.6) is 0 Å². The van der Waals surface area contributed by atoms with E-state index in [0.29, 0.717) is 23.5 Å². The number of nitrogens with zero attached hydrogens (tertiary/aromatic N) is 3. The fourth-order valence-electron chi connectivity index (χ4n) is 4.28. The fraction of sp³-hybridized carbons (Fsp3) is 0.400. The van der Waals surface area contributed by atoms with Crippen molar-refractivity contribution >= 4 is 44.5 Å². The first-order valence-corrected chi connectivity index (χ1v) is 11.9. The lowest BCUT2D eigenvalue weighted by molar-refractivity contribution is 0.0943. The number of benzene rings is 2.